The van der Waals surface area contributed by atoms with Crippen LogP contribution in [0.5, 0.6) is 5.75 Å². The van der Waals surface area contributed by atoms with Crippen LogP contribution in [0.4, 0.5) is 4.79 Å². The highest BCUT2D eigenvalue weighted by molar-refractivity contribution is 6.03. The molecule has 0 spiro atoms. The second-order valence-electron chi connectivity index (χ2n) is 8.01. The van der Waals surface area contributed by atoms with Gasteiger partial charge in [-0.05, 0) is 16.8 Å². The van der Waals surface area contributed by atoms with E-state index in [1.54, 1.807) is 7.11 Å². The molecule has 3 amide bonds. The van der Waals surface area contributed by atoms with Crippen LogP contribution in [0.3, 0.4) is 0 Å². The van der Waals surface area contributed by atoms with Gasteiger partial charge in [-0.1, -0.05) is 30.3 Å². The van der Waals surface area contributed by atoms with Crippen molar-refractivity contribution in [3.05, 3.63) is 53.2 Å². The topological polar surface area (TPSA) is 83.1 Å². The number of fused-ring (bicyclic) bond motifs is 1. The van der Waals surface area contributed by atoms with Crippen LogP contribution in [-0.4, -0.2) is 74.8 Å². The molecule has 31 heavy (non-hydrogen) atoms. The van der Waals surface area contributed by atoms with Crippen molar-refractivity contribution in [3.63, 3.8) is 0 Å². The Balaban J connectivity index is 1.47. The molecule has 0 saturated carbocycles. The molecular weight excluding hydrogens is 396 g/mol. The molecule has 2 aromatic rings. The molecule has 3 aliphatic heterocycles. The van der Waals surface area contributed by atoms with Gasteiger partial charge in [0.25, 0.3) is 5.91 Å². The first-order valence-electron chi connectivity index (χ1n) is 10.6. The number of hydrogen-bond donors (Lipinski definition) is 2. The number of nitrogens with zero attached hydrogens (tertiary/aromatic N) is 2. The second kappa shape index (κ2) is 8.20. The maximum Gasteiger partial charge on any atom is 0.319 e. The highest BCUT2D eigenvalue weighted by atomic mass is 16.5. The minimum Gasteiger partial charge on any atom is -0.496 e. The molecule has 5 rings (SSSR count). The van der Waals surface area contributed by atoms with Crippen molar-refractivity contribution in [1.29, 1.82) is 0 Å². The summed E-state index contributed by atoms with van der Waals surface area (Å²) in [6.45, 7) is 5.03. The van der Waals surface area contributed by atoms with Gasteiger partial charge in [0, 0.05) is 31.7 Å². The molecule has 1 atom stereocenters. The fourth-order valence-electron chi connectivity index (χ4n) is 4.66. The Morgan fingerprint density at radius 1 is 1.10 bits per heavy atom. The Morgan fingerprint density at radius 2 is 1.90 bits per heavy atom. The summed E-state index contributed by atoms with van der Waals surface area (Å²) < 4.78 is 11.0. The van der Waals surface area contributed by atoms with Crippen LogP contribution >= 0.6 is 0 Å². The molecule has 8 nitrogen and oxygen atoms in total. The molecular formula is C23H26N4O4. The Hall–Kier alpha value is -3.10. The van der Waals surface area contributed by atoms with Crippen LogP contribution in [0, 0.1) is 0 Å². The quantitative estimate of drug-likeness (QED) is 0.765. The average molecular weight is 422 g/mol. The zero-order valence-corrected chi connectivity index (χ0v) is 17.5. The van der Waals surface area contributed by atoms with Gasteiger partial charge in [0.2, 0.25) is 0 Å². The molecule has 1 fully saturated rings. The van der Waals surface area contributed by atoms with E-state index in [2.05, 4.69) is 15.5 Å². The lowest BCUT2D eigenvalue weighted by Crippen LogP contribution is -2.44. The van der Waals surface area contributed by atoms with Crippen LogP contribution in [0.15, 0.2) is 47.7 Å². The van der Waals surface area contributed by atoms with Crippen molar-refractivity contribution in [2.75, 3.05) is 53.0 Å². The molecule has 0 aromatic heterocycles. The van der Waals surface area contributed by atoms with Gasteiger partial charge in [0.1, 0.15) is 5.75 Å². The van der Waals surface area contributed by atoms with Gasteiger partial charge in [-0.15, -0.1) is 0 Å². The summed E-state index contributed by atoms with van der Waals surface area (Å²) in [5, 5.41) is 7.81. The van der Waals surface area contributed by atoms with Gasteiger partial charge in [-0.2, -0.15) is 0 Å². The predicted molar refractivity (Wildman–Crippen MR) is 116 cm³/mol. The normalized spacial score (nSPS) is 21.8. The molecule has 1 saturated heterocycles. The number of hydrogen-bond acceptors (Lipinski definition) is 5. The number of morpholine rings is 1. The number of nitrogens with one attached hydrogen (secondary N) is 2. The first kappa shape index (κ1) is 19.8. The van der Waals surface area contributed by atoms with Crippen molar-refractivity contribution in [2.45, 2.75) is 6.04 Å². The Morgan fingerprint density at radius 3 is 2.71 bits per heavy atom. The molecule has 0 bridgehead atoms. The highest BCUT2D eigenvalue weighted by Gasteiger charge is 2.41. The van der Waals surface area contributed by atoms with Crippen molar-refractivity contribution in [3.8, 4) is 5.75 Å². The first-order chi connectivity index (χ1) is 15.2. The van der Waals surface area contributed by atoms with Gasteiger partial charge in [-0.3, -0.25) is 9.69 Å². The minimum absolute atomic E-state index is 0.0456. The zero-order chi connectivity index (χ0) is 21.4. The number of carbonyl (C=O) groups excluding carboxylic acids is 2. The van der Waals surface area contributed by atoms with E-state index < -0.39 is 6.04 Å². The lowest BCUT2D eigenvalue weighted by atomic mass is 9.91. The number of amides is 3. The van der Waals surface area contributed by atoms with Crippen molar-refractivity contribution in [1.82, 2.24) is 20.4 Å². The summed E-state index contributed by atoms with van der Waals surface area (Å²) in [6.07, 6.45) is 0. The molecule has 162 valence electrons. The number of methoxy groups -OCH3 is 1. The SMILES string of the molecule is COc1ccc2ccccc2c1[C@@H]1NC(=O)NC2=C1C(=O)N(CCN1CCOCC1)C2. The molecule has 0 aliphatic carbocycles. The van der Waals surface area contributed by atoms with Gasteiger partial charge in [0.05, 0.1) is 44.2 Å². The maximum absolute atomic E-state index is 13.4. The maximum atomic E-state index is 13.4. The van der Waals surface area contributed by atoms with Crippen LogP contribution in [0.1, 0.15) is 11.6 Å². The van der Waals surface area contributed by atoms with E-state index in [1.807, 2.05) is 41.3 Å². The third-order valence-electron chi connectivity index (χ3n) is 6.25. The summed E-state index contributed by atoms with van der Waals surface area (Å²) >= 11 is 0. The number of benzene rings is 2. The van der Waals surface area contributed by atoms with Gasteiger partial charge < -0.3 is 25.0 Å². The summed E-state index contributed by atoms with van der Waals surface area (Å²) in [6, 6.07) is 10.9. The Bertz CT molecular complexity index is 1060. The predicted octanol–water partition coefficient (Wildman–Crippen LogP) is 1.63. The largest absolute Gasteiger partial charge is 0.496 e. The molecule has 2 aromatic carbocycles. The van der Waals surface area contributed by atoms with E-state index in [4.69, 9.17) is 9.47 Å². The van der Waals surface area contributed by atoms with Gasteiger partial charge in [0.15, 0.2) is 0 Å². The third-order valence-corrected chi connectivity index (χ3v) is 6.25. The molecule has 0 radical (unpaired) electrons. The van der Waals surface area contributed by atoms with Crippen molar-refractivity contribution in [2.24, 2.45) is 0 Å². The van der Waals surface area contributed by atoms with Crippen molar-refractivity contribution >= 4 is 22.7 Å². The van der Waals surface area contributed by atoms with Gasteiger partial charge in [-0.25, -0.2) is 4.79 Å². The highest BCUT2D eigenvalue weighted by Crippen LogP contribution is 2.40. The number of rotatable bonds is 5. The van der Waals surface area contributed by atoms with Crippen LogP contribution in [0.25, 0.3) is 10.8 Å². The average Bonchev–Trinajstić information content (AvgIpc) is 3.12. The molecule has 3 heterocycles. The lowest BCUT2D eigenvalue weighted by Gasteiger charge is -2.29. The van der Waals surface area contributed by atoms with E-state index in [-0.39, 0.29) is 11.9 Å². The zero-order valence-electron chi connectivity index (χ0n) is 17.5. The fraction of sp³-hybridized carbons (Fsp3) is 0.391. The Labute approximate surface area is 180 Å². The third kappa shape index (κ3) is 3.62. The summed E-state index contributed by atoms with van der Waals surface area (Å²) in [5.41, 5.74) is 2.08. The summed E-state index contributed by atoms with van der Waals surface area (Å²) in [7, 11) is 1.61. The van der Waals surface area contributed by atoms with E-state index in [1.165, 1.54) is 0 Å². The molecule has 8 heteroatoms. The molecule has 0 unspecified atom stereocenters. The second-order valence-corrected chi connectivity index (χ2v) is 8.01. The Kier molecular flexibility index (Phi) is 5.25. The van der Waals surface area contributed by atoms with Crippen LogP contribution < -0.4 is 15.4 Å². The first-order valence-corrected chi connectivity index (χ1v) is 10.6. The molecule has 3 aliphatic rings. The molecule has 2 N–H and O–H groups in total. The number of carbonyl (C=O) groups is 2. The van der Waals surface area contributed by atoms with Gasteiger partial charge >= 0.3 is 6.03 Å². The smallest absolute Gasteiger partial charge is 0.319 e. The minimum atomic E-state index is -0.564. The van der Waals surface area contributed by atoms with Crippen LogP contribution in [-0.2, 0) is 9.53 Å². The van der Waals surface area contributed by atoms with E-state index in [9.17, 15) is 9.59 Å². The standard InChI is InChI=1S/C23H26N4O4/c1-30-18-7-6-15-4-2-3-5-16(15)19(18)21-20-17(24-23(29)25-21)14-27(22(20)28)9-8-26-10-12-31-13-11-26/h2-7,21H,8-14H2,1H3,(H2,24,25,29)/t21-/m0/s1. The monoisotopic (exact) mass is 422 g/mol. The fourth-order valence-corrected chi connectivity index (χ4v) is 4.66. The lowest BCUT2D eigenvalue weighted by molar-refractivity contribution is -0.126. The van der Waals surface area contributed by atoms with E-state index >= 15 is 0 Å². The number of urea groups is 1. The summed E-state index contributed by atoms with van der Waals surface area (Å²) in [4.78, 5) is 30.0. The van der Waals surface area contributed by atoms with Crippen LogP contribution in [0.2, 0.25) is 0 Å². The van der Waals surface area contributed by atoms with Crippen molar-refractivity contribution < 1.29 is 19.1 Å². The number of ether oxygens (including phenoxy) is 2. The van der Waals surface area contributed by atoms with E-state index in [0.717, 1.165) is 49.2 Å². The summed E-state index contributed by atoms with van der Waals surface area (Å²) in [5.74, 6) is 0.605. The van der Waals surface area contributed by atoms with E-state index in [0.29, 0.717) is 30.1 Å².